The zero-order valence-electron chi connectivity index (χ0n) is 8.53. The van der Waals surface area contributed by atoms with Gasteiger partial charge in [0.15, 0.2) is 0 Å². The molecular weight excluding hydrogens is 178 g/mol. The van der Waals surface area contributed by atoms with Crippen LogP contribution in [0.5, 0.6) is 0 Å². The normalized spacial score (nSPS) is 18.6. The number of hydrogen-bond donors (Lipinski definition) is 2. The van der Waals surface area contributed by atoms with Crippen molar-refractivity contribution in [3.05, 3.63) is 11.8 Å². The van der Waals surface area contributed by atoms with E-state index in [2.05, 4.69) is 15.3 Å². The van der Waals surface area contributed by atoms with Crippen LogP contribution in [0.3, 0.4) is 0 Å². The standard InChI is InChI=1S/C9H17N5/c1-13-9(10)8(6-12-13)7-14-4-2-11-3-5-14/h6,11H,2-5,7,10H2,1H3. The van der Waals surface area contributed by atoms with Crippen molar-refractivity contribution in [2.75, 3.05) is 31.9 Å². The molecule has 0 aromatic carbocycles. The Hall–Kier alpha value is -1.07. The van der Waals surface area contributed by atoms with E-state index in [1.54, 1.807) is 4.68 Å². The van der Waals surface area contributed by atoms with Crippen LogP contribution in [0.4, 0.5) is 5.82 Å². The van der Waals surface area contributed by atoms with Crippen molar-refractivity contribution in [3.63, 3.8) is 0 Å². The number of piperazine rings is 1. The summed E-state index contributed by atoms with van der Waals surface area (Å²) in [7, 11) is 1.87. The van der Waals surface area contributed by atoms with E-state index in [0.29, 0.717) is 0 Å². The minimum Gasteiger partial charge on any atom is -0.384 e. The summed E-state index contributed by atoms with van der Waals surface area (Å²) >= 11 is 0. The first-order valence-electron chi connectivity index (χ1n) is 4.97. The van der Waals surface area contributed by atoms with E-state index in [-0.39, 0.29) is 0 Å². The molecule has 1 aromatic rings. The SMILES string of the molecule is Cn1ncc(CN2CCNCC2)c1N. The molecule has 2 heterocycles. The Labute approximate surface area is 83.9 Å². The molecule has 0 radical (unpaired) electrons. The number of aryl methyl sites for hydroxylation is 1. The van der Waals surface area contributed by atoms with Crippen molar-refractivity contribution in [3.8, 4) is 0 Å². The van der Waals surface area contributed by atoms with Crippen molar-refractivity contribution < 1.29 is 0 Å². The van der Waals surface area contributed by atoms with Gasteiger partial charge in [0, 0.05) is 45.3 Å². The number of anilines is 1. The summed E-state index contributed by atoms with van der Waals surface area (Å²) in [6.07, 6.45) is 1.86. The van der Waals surface area contributed by atoms with Gasteiger partial charge in [0.25, 0.3) is 0 Å². The zero-order chi connectivity index (χ0) is 9.97. The fraction of sp³-hybridized carbons (Fsp3) is 0.667. The average molecular weight is 195 g/mol. The highest BCUT2D eigenvalue weighted by Crippen LogP contribution is 2.12. The van der Waals surface area contributed by atoms with Crippen molar-refractivity contribution in [2.45, 2.75) is 6.54 Å². The summed E-state index contributed by atoms with van der Waals surface area (Å²) in [6, 6.07) is 0. The van der Waals surface area contributed by atoms with Gasteiger partial charge in [-0.05, 0) is 0 Å². The molecule has 1 saturated heterocycles. The lowest BCUT2D eigenvalue weighted by Gasteiger charge is -2.26. The van der Waals surface area contributed by atoms with Crippen LogP contribution in [0.2, 0.25) is 0 Å². The molecule has 0 aliphatic carbocycles. The third-order valence-corrected chi connectivity index (χ3v) is 2.67. The second-order valence-corrected chi connectivity index (χ2v) is 3.70. The second kappa shape index (κ2) is 3.98. The fourth-order valence-electron chi connectivity index (χ4n) is 1.72. The van der Waals surface area contributed by atoms with Gasteiger partial charge in [-0.1, -0.05) is 0 Å². The van der Waals surface area contributed by atoms with E-state index in [9.17, 15) is 0 Å². The van der Waals surface area contributed by atoms with Crippen LogP contribution < -0.4 is 11.1 Å². The van der Waals surface area contributed by atoms with Crippen LogP contribution in [0.25, 0.3) is 0 Å². The Morgan fingerprint density at radius 1 is 1.50 bits per heavy atom. The quantitative estimate of drug-likeness (QED) is 0.662. The van der Waals surface area contributed by atoms with Gasteiger partial charge in [0.1, 0.15) is 5.82 Å². The Morgan fingerprint density at radius 2 is 2.21 bits per heavy atom. The van der Waals surface area contributed by atoms with Crippen LogP contribution in [0.1, 0.15) is 5.56 Å². The monoisotopic (exact) mass is 195 g/mol. The third kappa shape index (κ3) is 1.88. The van der Waals surface area contributed by atoms with Gasteiger partial charge in [-0.15, -0.1) is 0 Å². The number of nitrogen functional groups attached to an aromatic ring is 1. The molecule has 1 aliphatic rings. The highest BCUT2D eigenvalue weighted by Gasteiger charge is 2.12. The Balaban J connectivity index is 1.99. The number of nitrogens with one attached hydrogen (secondary N) is 1. The lowest BCUT2D eigenvalue weighted by Crippen LogP contribution is -2.42. The van der Waals surface area contributed by atoms with E-state index < -0.39 is 0 Å². The zero-order valence-corrected chi connectivity index (χ0v) is 8.53. The minimum atomic E-state index is 0.781. The maximum absolute atomic E-state index is 5.88. The second-order valence-electron chi connectivity index (χ2n) is 3.70. The molecule has 5 nitrogen and oxygen atoms in total. The fourth-order valence-corrected chi connectivity index (χ4v) is 1.72. The molecule has 0 spiro atoms. The van der Waals surface area contributed by atoms with Crippen LogP contribution >= 0.6 is 0 Å². The van der Waals surface area contributed by atoms with Gasteiger partial charge in [0.2, 0.25) is 0 Å². The molecule has 1 aliphatic heterocycles. The molecule has 14 heavy (non-hydrogen) atoms. The number of hydrogen-bond acceptors (Lipinski definition) is 4. The lowest BCUT2D eigenvalue weighted by atomic mass is 10.2. The highest BCUT2D eigenvalue weighted by atomic mass is 15.3. The van der Waals surface area contributed by atoms with Crippen LogP contribution in [0, 0.1) is 0 Å². The number of nitrogens with zero attached hydrogens (tertiary/aromatic N) is 3. The van der Waals surface area contributed by atoms with Crippen LogP contribution in [-0.2, 0) is 13.6 Å². The molecule has 0 saturated carbocycles. The van der Waals surface area contributed by atoms with Gasteiger partial charge >= 0.3 is 0 Å². The van der Waals surface area contributed by atoms with Crippen molar-refractivity contribution >= 4 is 5.82 Å². The minimum absolute atomic E-state index is 0.781. The van der Waals surface area contributed by atoms with E-state index in [1.165, 1.54) is 0 Å². The number of rotatable bonds is 2. The summed E-state index contributed by atoms with van der Waals surface area (Å²) in [6.45, 7) is 5.24. The molecular formula is C9H17N5. The van der Waals surface area contributed by atoms with E-state index in [0.717, 1.165) is 44.1 Å². The molecule has 78 valence electrons. The predicted molar refractivity (Wildman–Crippen MR) is 55.8 cm³/mol. The third-order valence-electron chi connectivity index (χ3n) is 2.67. The summed E-state index contributed by atoms with van der Waals surface area (Å²) in [5.74, 6) is 0.781. The van der Waals surface area contributed by atoms with E-state index >= 15 is 0 Å². The first kappa shape index (κ1) is 9.48. The van der Waals surface area contributed by atoms with Gasteiger partial charge in [-0.3, -0.25) is 9.58 Å². The van der Waals surface area contributed by atoms with Crippen LogP contribution in [-0.4, -0.2) is 40.9 Å². The highest BCUT2D eigenvalue weighted by molar-refractivity contribution is 5.38. The first-order valence-corrected chi connectivity index (χ1v) is 4.97. The summed E-state index contributed by atoms with van der Waals surface area (Å²) in [5, 5.41) is 7.46. The molecule has 3 N–H and O–H groups in total. The van der Waals surface area contributed by atoms with Crippen molar-refractivity contribution in [1.29, 1.82) is 0 Å². The molecule has 2 rings (SSSR count). The summed E-state index contributed by atoms with van der Waals surface area (Å²) in [5.41, 5.74) is 7.01. The van der Waals surface area contributed by atoms with Gasteiger partial charge in [-0.2, -0.15) is 5.10 Å². The molecule has 0 atom stereocenters. The lowest BCUT2D eigenvalue weighted by molar-refractivity contribution is 0.233. The molecule has 1 fully saturated rings. The Bertz CT molecular complexity index is 300. The predicted octanol–water partition coefficient (Wildman–Crippen LogP) is -0.592. The van der Waals surface area contributed by atoms with Gasteiger partial charge < -0.3 is 11.1 Å². The van der Waals surface area contributed by atoms with E-state index in [1.807, 2.05) is 13.2 Å². The van der Waals surface area contributed by atoms with Crippen LogP contribution in [0.15, 0.2) is 6.20 Å². The maximum atomic E-state index is 5.88. The van der Waals surface area contributed by atoms with E-state index in [4.69, 9.17) is 5.73 Å². The molecule has 0 unspecified atom stereocenters. The molecule has 0 amide bonds. The molecule has 1 aromatic heterocycles. The van der Waals surface area contributed by atoms with Gasteiger partial charge in [0.05, 0.1) is 6.20 Å². The topological polar surface area (TPSA) is 59.1 Å². The Morgan fingerprint density at radius 3 is 2.79 bits per heavy atom. The summed E-state index contributed by atoms with van der Waals surface area (Å²) in [4.78, 5) is 2.39. The largest absolute Gasteiger partial charge is 0.384 e. The number of nitrogens with two attached hydrogens (primary N) is 1. The first-order chi connectivity index (χ1) is 6.77. The summed E-state index contributed by atoms with van der Waals surface area (Å²) < 4.78 is 1.72. The van der Waals surface area contributed by atoms with Crippen molar-refractivity contribution in [2.24, 2.45) is 7.05 Å². The Kier molecular flexibility index (Phi) is 2.69. The van der Waals surface area contributed by atoms with Crippen molar-refractivity contribution in [1.82, 2.24) is 20.0 Å². The molecule has 0 bridgehead atoms. The average Bonchev–Trinajstić information content (AvgIpc) is 2.52. The molecule has 5 heteroatoms. The van der Waals surface area contributed by atoms with Gasteiger partial charge in [-0.25, -0.2) is 0 Å². The number of aromatic nitrogens is 2. The maximum Gasteiger partial charge on any atom is 0.125 e. The smallest absolute Gasteiger partial charge is 0.125 e.